The van der Waals surface area contributed by atoms with Crippen molar-refractivity contribution in [2.24, 2.45) is 5.73 Å². The number of hydrogen-bond acceptors (Lipinski definition) is 5. The fourth-order valence-electron chi connectivity index (χ4n) is 1.28. The molecule has 16 heavy (non-hydrogen) atoms. The summed E-state index contributed by atoms with van der Waals surface area (Å²) in [5.41, 5.74) is 5.86. The lowest BCUT2D eigenvalue weighted by Crippen LogP contribution is -2.11. The number of nitrogens with two attached hydrogens (primary N) is 1. The molecular weight excluding hydrogens is 226 g/mol. The van der Waals surface area contributed by atoms with E-state index in [1.807, 2.05) is 14.1 Å². The molecule has 0 aliphatic carbocycles. The molecule has 1 heterocycles. The van der Waals surface area contributed by atoms with Crippen LogP contribution in [-0.2, 0) is 11.3 Å². The van der Waals surface area contributed by atoms with Gasteiger partial charge in [-0.1, -0.05) is 0 Å². The first-order valence-corrected chi connectivity index (χ1v) is 5.87. The Kier molecular flexibility index (Phi) is 4.85. The number of aliphatic carboxylic acids is 1. The van der Waals surface area contributed by atoms with Gasteiger partial charge in [-0.15, -0.1) is 11.3 Å². The van der Waals surface area contributed by atoms with E-state index in [-0.39, 0.29) is 12.5 Å². The van der Waals surface area contributed by atoms with Gasteiger partial charge in [-0.3, -0.25) is 4.79 Å². The number of thiazole rings is 1. The van der Waals surface area contributed by atoms with Gasteiger partial charge in [-0.05, 0) is 20.5 Å². The van der Waals surface area contributed by atoms with Gasteiger partial charge in [-0.25, -0.2) is 4.98 Å². The maximum absolute atomic E-state index is 10.4. The largest absolute Gasteiger partial charge is 0.481 e. The Hall–Kier alpha value is -0.980. The Balaban J connectivity index is 2.52. The van der Waals surface area contributed by atoms with E-state index in [4.69, 9.17) is 10.8 Å². The van der Waals surface area contributed by atoms with Gasteiger partial charge in [0.1, 0.15) is 5.01 Å². The van der Waals surface area contributed by atoms with E-state index >= 15 is 0 Å². The lowest BCUT2D eigenvalue weighted by molar-refractivity contribution is -0.137. The monoisotopic (exact) mass is 243 g/mol. The van der Waals surface area contributed by atoms with E-state index in [2.05, 4.69) is 9.88 Å². The normalized spacial score (nSPS) is 13.0. The van der Waals surface area contributed by atoms with Crippen LogP contribution >= 0.6 is 11.3 Å². The maximum atomic E-state index is 10.4. The average molecular weight is 243 g/mol. The molecule has 0 spiro atoms. The SMILES string of the molecule is CN(C)Cc1cnc(C(N)CCC(=O)O)s1. The lowest BCUT2D eigenvalue weighted by atomic mass is 10.2. The Bertz CT molecular complexity index is 352. The first-order valence-electron chi connectivity index (χ1n) is 5.05. The zero-order valence-electron chi connectivity index (χ0n) is 9.51. The van der Waals surface area contributed by atoms with Crippen LogP contribution in [-0.4, -0.2) is 35.1 Å². The number of nitrogens with zero attached hydrogens (tertiary/aromatic N) is 2. The van der Waals surface area contributed by atoms with Crippen molar-refractivity contribution >= 4 is 17.3 Å². The van der Waals surface area contributed by atoms with Crippen molar-refractivity contribution in [2.75, 3.05) is 14.1 Å². The molecule has 0 aromatic carbocycles. The number of carbonyl (C=O) groups is 1. The van der Waals surface area contributed by atoms with Crippen LogP contribution in [0.4, 0.5) is 0 Å². The summed E-state index contributed by atoms with van der Waals surface area (Å²) in [6.07, 6.45) is 2.33. The molecule has 0 fully saturated rings. The molecule has 1 aromatic rings. The lowest BCUT2D eigenvalue weighted by Gasteiger charge is -2.07. The Morgan fingerprint density at radius 2 is 2.38 bits per heavy atom. The zero-order valence-corrected chi connectivity index (χ0v) is 10.3. The third-order valence-corrected chi connectivity index (χ3v) is 3.14. The van der Waals surface area contributed by atoms with Gasteiger partial charge in [0.15, 0.2) is 0 Å². The minimum atomic E-state index is -0.819. The van der Waals surface area contributed by atoms with Gasteiger partial charge in [0.25, 0.3) is 0 Å². The Morgan fingerprint density at radius 3 is 2.94 bits per heavy atom. The Labute approximate surface area is 98.9 Å². The van der Waals surface area contributed by atoms with E-state index < -0.39 is 5.97 Å². The van der Waals surface area contributed by atoms with E-state index in [0.29, 0.717) is 6.42 Å². The van der Waals surface area contributed by atoms with Crippen molar-refractivity contribution in [3.8, 4) is 0 Å². The molecule has 0 saturated carbocycles. The molecule has 5 nitrogen and oxygen atoms in total. The quantitative estimate of drug-likeness (QED) is 0.781. The molecule has 0 radical (unpaired) electrons. The van der Waals surface area contributed by atoms with Crippen molar-refractivity contribution in [3.63, 3.8) is 0 Å². The summed E-state index contributed by atoms with van der Waals surface area (Å²) in [7, 11) is 3.98. The third kappa shape index (κ3) is 4.26. The van der Waals surface area contributed by atoms with Crippen molar-refractivity contribution in [3.05, 3.63) is 16.1 Å². The van der Waals surface area contributed by atoms with Crippen LogP contribution in [0.2, 0.25) is 0 Å². The molecule has 0 aliphatic rings. The zero-order chi connectivity index (χ0) is 12.1. The van der Waals surface area contributed by atoms with Crippen LogP contribution in [0.5, 0.6) is 0 Å². The first kappa shape index (κ1) is 13.1. The van der Waals surface area contributed by atoms with Crippen LogP contribution in [0.1, 0.15) is 28.8 Å². The van der Waals surface area contributed by atoms with Gasteiger partial charge in [0.05, 0.1) is 6.04 Å². The highest BCUT2D eigenvalue weighted by atomic mass is 32.1. The molecular formula is C10H17N3O2S. The molecule has 90 valence electrons. The highest BCUT2D eigenvalue weighted by Gasteiger charge is 2.12. The summed E-state index contributed by atoms with van der Waals surface area (Å²) < 4.78 is 0. The van der Waals surface area contributed by atoms with Gasteiger partial charge in [0.2, 0.25) is 0 Å². The number of carboxylic acid groups (broad SMARTS) is 1. The first-order chi connectivity index (χ1) is 7.49. The second kappa shape index (κ2) is 5.93. The Morgan fingerprint density at radius 1 is 1.69 bits per heavy atom. The highest BCUT2D eigenvalue weighted by Crippen LogP contribution is 2.22. The summed E-state index contributed by atoms with van der Waals surface area (Å²) in [5.74, 6) is -0.819. The molecule has 1 atom stereocenters. The second-order valence-corrected chi connectivity index (χ2v) is 5.09. The van der Waals surface area contributed by atoms with Crippen LogP contribution in [0.25, 0.3) is 0 Å². The number of rotatable bonds is 6. The van der Waals surface area contributed by atoms with E-state index in [1.54, 1.807) is 17.5 Å². The molecule has 1 aromatic heterocycles. The number of aromatic nitrogens is 1. The predicted molar refractivity (Wildman–Crippen MR) is 63.3 cm³/mol. The molecule has 6 heteroatoms. The van der Waals surface area contributed by atoms with Gasteiger partial charge < -0.3 is 15.7 Å². The van der Waals surface area contributed by atoms with Crippen LogP contribution in [0.15, 0.2) is 6.20 Å². The third-order valence-electron chi connectivity index (χ3n) is 2.03. The van der Waals surface area contributed by atoms with Crippen molar-refractivity contribution < 1.29 is 9.90 Å². The molecule has 0 bridgehead atoms. The smallest absolute Gasteiger partial charge is 0.303 e. The van der Waals surface area contributed by atoms with E-state index in [9.17, 15) is 4.79 Å². The van der Waals surface area contributed by atoms with Crippen molar-refractivity contribution in [2.45, 2.75) is 25.4 Å². The molecule has 3 N–H and O–H groups in total. The summed E-state index contributed by atoms with van der Waals surface area (Å²) in [6, 6.07) is -0.267. The fraction of sp³-hybridized carbons (Fsp3) is 0.600. The minimum Gasteiger partial charge on any atom is -0.481 e. The van der Waals surface area contributed by atoms with Crippen LogP contribution in [0.3, 0.4) is 0 Å². The highest BCUT2D eigenvalue weighted by molar-refractivity contribution is 7.11. The summed E-state index contributed by atoms with van der Waals surface area (Å²) >= 11 is 1.55. The molecule has 1 unspecified atom stereocenters. The summed E-state index contributed by atoms with van der Waals surface area (Å²) in [6.45, 7) is 0.837. The van der Waals surface area contributed by atoms with Crippen molar-refractivity contribution in [1.29, 1.82) is 0 Å². The number of carboxylic acids is 1. The summed E-state index contributed by atoms with van der Waals surface area (Å²) in [4.78, 5) is 17.8. The van der Waals surface area contributed by atoms with Crippen LogP contribution < -0.4 is 5.73 Å². The minimum absolute atomic E-state index is 0.0871. The maximum Gasteiger partial charge on any atom is 0.303 e. The van der Waals surface area contributed by atoms with Gasteiger partial charge in [-0.2, -0.15) is 0 Å². The standard InChI is InChI=1S/C10H17N3O2S/c1-13(2)6-7-5-12-10(16-7)8(11)3-4-9(14)15/h5,8H,3-4,6,11H2,1-2H3,(H,14,15). The van der Waals surface area contributed by atoms with E-state index in [1.165, 1.54) is 0 Å². The molecule has 0 amide bonds. The van der Waals surface area contributed by atoms with Crippen LogP contribution in [0, 0.1) is 0 Å². The summed E-state index contributed by atoms with van der Waals surface area (Å²) in [5, 5.41) is 9.37. The predicted octanol–water partition coefficient (Wildman–Crippen LogP) is 1.07. The topological polar surface area (TPSA) is 79.5 Å². The van der Waals surface area contributed by atoms with E-state index in [0.717, 1.165) is 16.4 Å². The fourth-order valence-corrected chi connectivity index (χ4v) is 2.35. The van der Waals surface area contributed by atoms with Gasteiger partial charge in [0, 0.05) is 24.0 Å². The molecule has 1 rings (SSSR count). The van der Waals surface area contributed by atoms with Crippen molar-refractivity contribution in [1.82, 2.24) is 9.88 Å². The van der Waals surface area contributed by atoms with Gasteiger partial charge >= 0.3 is 5.97 Å². The average Bonchev–Trinajstić information content (AvgIpc) is 2.61. The molecule has 0 aliphatic heterocycles. The molecule has 0 saturated heterocycles. The number of hydrogen-bond donors (Lipinski definition) is 2. The second-order valence-electron chi connectivity index (χ2n) is 3.94.